The molecule has 0 spiro atoms. The summed E-state index contributed by atoms with van der Waals surface area (Å²) in [5.74, 6) is -0.136. The van der Waals surface area contributed by atoms with Gasteiger partial charge < -0.3 is 20.3 Å². The zero-order valence-corrected chi connectivity index (χ0v) is 16.3. The number of ether oxygens (including phenoxy) is 1. The maximum Gasteiger partial charge on any atom is 0.323 e. The Morgan fingerprint density at radius 3 is 2.62 bits per heavy atom. The van der Waals surface area contributed by atoms with E-state index >= 15 is 0 Å². The van der Waals surface area contributed by atoms with Crippen LogP contribution < -0.4 is 15.8 Å². The van der Waals surface area contributed by atoms with Crippen LogP contribution in [0.15, 0.2) is 30.6 Å². The number of nitrogens with two attached hydrogens (primary N) is 1. The minimum absolute atomic E-state index is 0.00103. The van der Waals surface area contributed by atoms with Crippen molar-refractivity contribution < 1.29 is 13.9 Å². The van der Waals surface area contributed by atoms with Crippen molar-refractivity contribution in [2.45, 2.75) is 37.8 Å². The number of nitrogens with one attached hydrogen (secondary N) is 1. The fourth-order valence-corrected chi connectivity index (χ4v) is 3.61. The number of carbonyl (C=O) groups is 1. The number of carbonyl (C=O) groups excluding carboxylic acids is 1. The van der Waals surface area contributed by atoms with E-state index in [1.807, 2.05) is 4.90 Å². The second-order valence-corrected chi connectivity index (χ2v) is 7.64. The molecule has 1 saturated heterocycles. The van der Waals surface area contributed by atoms with Crippen LogP contribution in [0, 0.1) is 5.82 Å². The van der Waals surface area contributed by atoms with Gasteiger partial charge >= 0.3 is 6.03 Å². The van der Waals surface area contributed by atoms with E-state index in [0.717, 1.165) is 38.8 Å². The normalized spacial score (nSPS) is 17.7. The number of amides is 2. The van der Waals surface area contributed by atoms with Gasteiger partial charge in [-0.3, -0.25) is 5.32 Å². The van der Waals surface area contributed by atoms with Crippen molar-refractivity contribution in [3.63, 3.8) is 0 Å². The molecule has 3 N–H and O–H groups in total. The first kappa shape index (κ1) is 19.4. The third kappa shape index (κ3) is 4.73. The highest BCUT2D eigenvalue weighted by Crippen LogP contribution is 2.32. The van der Waals surface area contributed by atoms with Gasteiger partial charge in [0.1, 0.15) is 12.1 Å². The Bertz CT molecular complexity index is 883. The number of hydrogen-bond acceptors (Lipinski definition) is 6. The molecule has 1 aromatic carbocycles. The molecule has 9 heteroatoms. The third-order valence-electron chi connectivity index (χ3n) is 5.30. The quantitative estimate of drug-likeness (QED) is 0.749. The van der Waals surface area contributed by atoms with Crippen molar-refractivity contribution in [3.8, 4) is 11.6 Å². The van der Waals surface area contributed by atoms with Crippen molar-refractivity contribution in [2.24, 2.45) is 0 Å². The zero-order valence-electron chi connectivity index (χ0n) is 16.3. The molecule has 2 heterocycles. The van der Waals surface area contributed by atoms with Gasteiger partial charge in [0.25, 0.3) is 0 Å². The Balaban J connectivity index is 1.44. The first-order valence-corrected chi connectivity index (χ1v) is 9.82. The molecular formula is C20H25FN6O2. The van der Waals surface area contributed by atoms with Crippen LogP contribution in [0.1, 0.15) is 25.7 Å². The lowest BCUT2D eigenvalue weighted by molar-refractivity contribution is 0.135. The smallest absolute Gasteiger partial charge is 0.323 e. The molecule has 2 amide bonds. The number of nitrogens with zero attached hydrogens (tertiary/aromatic N) is 4. The van der Waals surface area contributed by atoms with Crippen molar-refractivity contribution in [3.05, 3.63) is 36.4 Å². The van der Waals surface area contributed by atoms with Crippen molar-refractivity contribution in [1.82, 2.24) is 19.8 Å². The lowest BCUT2D eigenvalue weighted by atomic mass is 10.0. The van der Waals surface area contributed by atoms with Gasteiger partial charge in [0.15, 0.2) is 11.6 Å². The summed E-state index contributed by atoms with van der Waals surface area (Å²) in [4.78, 5) is 25.3. The second kappa shape index (κ2) is 8.20. The Hall–Kier alpha value is -2.94. The predicted molar refractivity (Wildman–Crippen MR) is 107 cm³/mol. The van der Waals surface area contributed by atoms with Crippen molar-refractivity contribution in [1.29, 1.82) is 0 Å². The molecule has 2 aromatic rings. The van der Waals surface area contributed by atoms with E-state index in [-0.39, 0.29) is 23.7 Å². The standard InChI is InChI=1S/C20H25FN6O2/c1-26-8-6-15(7-9-26)27(14-3-4-14)20(28)25-18-11-19(24-12-23-18)29-17-5-2-13(22)10-16(17)21/h2,5,10-12,14-15H,3-4,6-9,22H2,1H3,(H,23,24,25,28). The van der Waals surface area contributed by atoms with Gasteiger partial charge in [-0.05, 0) is 58.0 Å². The van der Waals surface area contributed by atoms with Gasteiger partial charge in [-0.1, -0.05) is 0 Å². The summed E-state index contributed by atoms with van der Waals surface area (Å²) in [6.07, 6.45) is 5.28. The maximum atomic E-state index is 14.0. The van der Waals surface area contributed by atoms with Crippen LogP contribution in [0.5, 0.6) is 11.6 Å². The zero-order chi connectivity index (χ0) is 20.4. The number of anilines is 2. The van der Waals surface area contributed by atoms with Crippen LogP contribution in [0.4, 0.5) is 20.7 Å². The van der Waals surface area contributed by atoms with Gasteiger partial charge in [0.2, 0.25) is 5.88 Å². The van der Waals surface area contributed by atoms with Crippen LogP contribution in [0.25, 0.3) is 0 Å². The molecule has 29 heavy (non-hydrogen) atoms. The molecule has 4 rings (SSSR count). The molecule has 1 aliphatic heterocycles. The summed E-state index contributed by atoms with van der Waals surface area (Å²) in [7, 11) is 2.10. The fraction of sp³-hybridized carbons (Fsp3) is 0.450. The molecule has 8 nitrogen and oxygen atoms in total. The van der Waals surface area contributed by atoms with Gasteiger partial charge in [0, 0.05) is 29.9 Å². The Labute approximate surface area is 168 Å². The summed E-state index contributed by atoms with van der Waals surface area (Å²) in [6.45, 7) is 1.97. The molecule has 1 saturated carbocycles. The first-order chi connectivity index (χ1) is 14.0. The van der Waals surface area contributed by atoms with E-state index in [2.05, 4.69) is 27.2 Å². The highest BCUT2D eigenvalue weighted by atomic mass is 19.1. The molecule has 1 aliphatic carbocycles. The number of benzene rings is 1. The minimum Gasteiger partial charge on any atom is -0.436 e. The molecular weight excluding hydrogens is 375 g/mol. The molecule has 0 atom stereocenters. The third-order valence-corrected chi connectivity index (χ3v) is 5.30. The summed E-state index contributed by atoms with van der Waals surface area (Å²) in [5.41, 5.74) is 5.86. The summed E-state index contributed by atoms with van der Waals surface area (Å²) >= 11 is 0. The molecule has 1 aromatic heterocycles. The lowest BCUT2D eigenvalue weighted by Gasteiger charge is -2.37. The highest BCUT2D eigenvalue weighted by Gasteiger charge is 2.38. The first-order valence-electron chi connectivity index (χ1n) is 9.82. The van der Waals surface area contributed by atoms with Gasteiger partial charge in [0.05, 0.1) is 0 Å². The molecule has 2 aliphatic rings. The molecule has 0 radical (unpaired) electrons. The topological polar surface area (TPSA) is 96.6 Å². The average molecular weight is 400 g/mol. The highest BCUT2D eigenvalue weighted by molar-refractivity contribution is 5.89. The Morgan fingerprint density at radius 2 is 1.93 bits per heavy atom. The lowest BCUT2D eigenvalue weighted by Crippen LogP contribution is -2.49. The average Bonchev–Trinajstić information content (AvgIpc) is 3.51. The molecule has 0 unspecified atom stereocenters. The van der Waals surface area contributed by atoms with Crippen LogP contribution >= 0.6 is 0 Å². The number of urea groups is 1. The number of piperidine rings is 1. The van der Waals surface area contributed by atoms with Crippen molar-refractivity contribution in [2.75, 3.05) is 31.2 Å². The number of aromatic nitrogens is 2. The van der Waals surface area contributed by atoms with Crippen molar-refractivity contribution >= 4 is 17.5 Å². The summed E-state index contributed by atoms with van der Waals surface area (Å²) in [6, 6.07) is 5.99. The van der Waals surface area contributed by atoms with Gasteiger partial charge in [-0.2, -0.15) is 0 Å². The van der Waals surface area contributed by atoms with Gasteiger partial charge in [-0.25, -0.2) is 19.2 Å². The largest absolute Gasteiger partial charge is 0.436 e. The van der Waals surface area contributed by atoms with E-state index < -0.39 is 5.82 Å². The fourth-order valence-electron chi connectivity index (χ4n) is 3.61. The van der Waals surface area contributed by atoms with Crippen LogP contribution in [-0.2, 0) is 0 Å². The van der Waals surface area contributed by atoms with Gasteiger partial charge in [-0.15, -0.1) is 0 Å². The van der Waals surface area contributed by atoms with E-state index in [9.17, 15) is 9.18 Å². The van der Waals surface area contributed by atoms with Crippen LogP contribution in [0.3, 0.4) is 0 Å². The number of nitrogen functional groups attached to an aromatic ring is 1. The number of likely N-dealkylation sites (tertiary alicyclic amines) is 1. The van der Waals surface area contributed by atoms with Crippen LogP contribution in [0.2, 0.25) is 0 Å². The number of hydrogen-bond donors (Lipinski definition) is 2. The minimum atomic E-state index is -0.587. The Kier molecular flexibility index (Phi) is 5.48. The molecule has 0 bridgehead atoms. The number of halogens is 1. The van der Waals surface area contributed by atoms with E-state index in [4.69, 9.17) is 10.5 Å². The van der Waals surface area contributed by atoms with E-state index in [1.165, 1.54) is 30.6 Å². The monoisotopic (exact) mass is 400 g/mol. The number of rotatable bonds is 5. The molecule has 154 valence electrons. The Morgan fingerprint density at radius 1 is 1.21 bits per heavy atom. The van der Waals surface area contributed by atoms with E-state index in [0.29, 0.717) is 17.5 Å². The maximum absolute atomic E-state index is 14.0. The predicted octanol–water partition coefficient (Wildman–Crippen LogP) is 3.08. The summed E-state index contributed by atoms with van der Waals surface area (Å²) in [5, 5.41) is 2.85. The molecule has 2 fully saturated rings. The summed E-state index contributed by atoms with van der Waals surface area (Å²) < 4.78 is 19.4. The SMILES string of the molecule is CN1CCC(N(C(=O)Nc2cc(Oc3ccc(N)cc3F)ncn2)C2CC2)CC1. The van der Waals surface area contributed by atoms with Crippen LogP contribution in [-0.4, -0.2) is 58.0 Å². The van der Waals surface area contributed by atoms with E-state index in [1.54, 1.807) is 0 Å². The second-order valence-electron chi connectivity index (χ2n) is 7.64.